The van der Waals surface area contributed by atoms with E-state index in [0.717, 1.165) is 24.9 Å². The molecule has 6 heteroatoms. The number of nitrogens with zero attached hydrogens (tertiary/aromatic N) is 1. The number of aliphatic hydroxyl groups excluding tert-OH is 1. The quantitative estimate of drug-likeness (QED) is 0.303. The van der Waals surface area contributed by atoms with E-state index in [0.29, 0.717) is 25.6 Å². The Balaban J connectivity index is 1.76. The molecule has 0 spiro atoms. The summed E-state index contributed by atoms with van der Waals surface area (Å²) in [4.78, 5) is 16.8. The van der Waals surface area contributed by atoms with Gasteiger partial charge in [-0.1, -0.05) is 49.6 Å². The van der Waals surface area contributed by atoms with Crippen LogP contribution in [0.3, 0.4) is 0 Å². The molecule has 1 aromatic rings. The molecule has 6 nitrogen and oxygen atoms in total. The molecule has 0 aliphatic heterocycles. The third kappa shape index (κ3) is 7.59. The number of benzene rings is 1. The molecular formula is C21H34N4O2. The van der Waals surface area contributed by atoms with Crippen molar-refractivity contribution in [3.63, 3.8) is 0 Å². The fraction of sp³-hybridized carbons (Fsp3) is 0.619. The molecule has 4 N–H and O–H groups in total. The summed E-state index contributed by atoms with van der Waals surface area (Å²) in [5.74, 6) is 1.06. The van der Waals surface area contributed by atoms with Gasteiger partial charge in [-0.15, -0.1) is 0 Å². The maximum Gasteiger partial charge on any atom is 0.223 e. The Morgan fingerprint density at radius 1 is 1.11 bits per heavy atom. The van der Waals surface area contributed by atoms with E-state index >= 15 is 0 Å². The largest absolute Gasteiger partial charge is 0.396 e. The second kappa shape index (κ2) is 12.3. The van der Waals surface area contributed by atoms with Gasteiger partial charge in [-0.3, -0.25) is 9.79 Å². The van der Waals surface area contributed by atoms with Crippen molar-refractivity contribution in [2.75, 3.05) is 32.8 Å². The second-order valence-electron chi connectivity index (χ2n) is 7.06. The fourth-order valence-electron chi connectivity index (χ4n) is 3.41. The normalized spacial score (nSPS) is 16.6. The fourth-order valence-corrected chi connectivity index (χ4v) is 3.41. The van der Waals surface area contributed by atoms with Crippen LogP contribution in [0.5, 0.6) is 0 Å². The molecule has 0 bridgehead atoms. The molecule has 1 saturated carbocycles. The molecule has 1 fully saturated rings. The highest BCUT2D eigenvalue weighted by atomic mass is 16.3. The number of nitrogens with one attached hydrogen (secondary N) is 3. The van der Waals surface area contributed by atoms with Crippen molar-refractivity contribution < 1.29 is 9.90 Å². The number of hydrogen-bond donors (Lipinski definition) is 4. The zero-order valence-corrected chi connectivity index (χ0v) is 16.4. The first-order valence-electron chi connectivity index (χ1n) is 10.2. The highest BCUT2D eigenvalue weighted by Crippen LogP contribution is 2.23. The summed E-state index contributed by atoms with van der Waals surface area (Å²) in [5.41, 5.74) is 1.08. The van der Waals surface area contributed by atoms with Gasteiger partial charge in [0.2, 0.25) is 5.91 Å². The predicted molar refractivity (Wildman–Crippen MR) is 110 cm³/mol. The summed E-state index contributed by atoms with van der Waals surface area (Å²) >= 11 is 0. The van der Waals surface area contributed by atoms with Gasteiger partial charge in [-0.05, 0) is 25.3 Å². The summed E-state index contributed by atoms with van der Waals surface area (Å²) in [7, 11) is 0. The molecule has 2 rings (SSSR count). The summed E-state index contributed by atoms with van der Waals surface area (Å²) in [6.07, 6.45) is 5.63. The van der Waals surface area contributed by atoms with Crippen molar-refractivity contribution in [2.45, 2.75) is 44.9 Å². The van der Waals surface area contributed by atoms with E-state index in [1.54, 1.807) is 0 Å². The smallest absolute Gasteiger partial charge is 0.223 e. The second-order valence-corrected chi connectivity index (χ2v) is 7.06. The van der Waals surface area contributed by atoms with E-state index in [9.17, 15) is 9.90 Å². The zero-order chi connectivity index (χ0) is 19.3. The Morgan fingerprint density at radius 2 is 1.81 bits per heavy atom. The monoisotopic (exact) mass is 374 g/mol. The van der Waals surface area contributed by atoms with Gasteiger partial charge in [0, 0.05) is 31.5 Å². The van der Waals surface area contributed by atoms with Gasteiger partial charge < -0.3 is 21.1 Å². The van der Waals surface area contributed by atoms with Crippen molar-refractivity contribution in [1.29, 1.82) is 0 Å². The lowest BCUT2D eigenvalue weighted by atomic mass is 9.89. The van der Waals surface area contributed by atoms with Gasteiger partial charge in [0.25, 0.3) is 0 Å². The summed E-state index contributed by atoms with van der Waals surface area (Å²) in [6.45, 7) is 4.55. The van der Waals surface area contributed by atoms with Crippen LogP contribution in [0.1, 0.15) is 50.5 Å². The van der Waals surface area contributed by atoms with E-state index in [1.165, 1.54) is 19.3 Å². The molecule has 0 aromatic heterocycles. The Bertz CT molecular complexity index is 571. The highest BCUT2D eigenvalue weighted by molar-refractivity contribution is 5.80. The first-order chi connectivity index (χ1) is 13.2. The van der Waals surface area contributed by atoms with Crippen molar-refractivity contribution >= 4 is 11.9 Å². The minimum absolute atomic E-state index is 0.0207. The van der Waals surface area contributed by atoms with E-state index < -0.39 is 0 Å². The predicted octanol–water partition coefficient (Wildman–Crippen LogP) is 2.01. The van der Waals surface area contributed by atoms with Gasteiger partial charge in [-0.25, -0.2) is 0 Å². The molecule has 0 radical (unpaired) electrons. The first kappa shape index (κ1) is 21.2. The van der Waals surface area contributed by atoms with Crippen LogP contribution in [-0.2, 0) is 4.79 Å². The van der Waals surface area contributed by atoms with Crippen molar-refractivity contribution in [2.24, 2.45) is 10.9 Å². The molecule has 1 atom stereocenters. The molecule has 150 valence electrons. The number of hydrogen-bond acceptors (Lipinski definition) is 3. The van der Waals surface area contributed by atoms with E-state index in [1.807, 2.05) is 37.3 Å². The van der Waals surface area contributed by atoms with Gasteiger partial charge >= 0.3 is 0 Å². The SMILES string of the molecule is CCNC(=NCC(CO)c1ccccc1)NCCNC(=O)C1CCCCC1. The van der Waals surface area contributed by atoms with Gasteiger partial charge in [0.15, 0.2) is 5.96 Å². The number of aliphatic imine (C=N–C) groups is 1. The summed E-state index contributed by atoms with van der Waals surface area (Å²) in [6, 6.07) is 9.93. The lowest BCUT2D eigenvalue weighted by molar-refractivity contribution is -0.125. The van der Waals surface area contributed by atoms with Crippen molar-refractivity contribution in [3.8, 4) is 0 Å². The zero-order valence-electron chi connectivity index (χ0n) is 16.4. The lowest BCUT2D eigenvalue weighted by Crippen LogP contribution is -2.43. The Hall–Kier alpha value is -2.08. The van der Waals surface area contributed by atoms with Crippen LogP contribution in [0.15, 0.2) is 35.3 Å². The lowest BCUT2D eigenvalue weighted by Gasteiger charge is -2.21. The Labute approximate surface area is 162 Å². The standard InChI is InChI=1S/C21H34N4O2/c1-2-22-21(25-15-19(16-26)17-9-5-3-6-10-17)24-14-13-23-20(27)18-11-7-4-8-12-18/h3,5-6,9-10,18-19,26H,2,4,7-8,11-16H2,1H3,(H,23,27)(H2,22,24,25). The number of carbonyl (C=O) groups excluding carboxylic acids is 1. The molecular weight excluding hydrogens is 340 g/mol. The molecule has 0 saturated heterocycles. The van der Waals surface area contributed by atoms with Crippen LogP contribution in [0, 0.1) is 5.92 Å². The van der Waals surface area contributed by atoms with Crippen LogP contribution >= 0.6 is 0 Å². The van der Waals surface area contributed by atoms with Crippen molar-refractivity contribution in [3.05, 3.63) is 35.9 Å². The van der Waals surface area contributed by atoms with Gasteiger partial charge in [0.1, 0.15) is 0 Å². The average Bonchev–Trinajstić information content (AvgIpc) is 2.72. The number of rotatable bonds is 9. The minimum atomic E-state index is -0.0207. The number of amides is 1. The molecule has 1 aromatic carbocycles. The van der Waals surface area contributed by atoms with Crippen LogP contribution in [-0.4, -0.2) is 49.8 Å². The van der Waals surface area contributed by atoms with E-state index in [-0.39, 0.29) is 24.3 Å². The molecule has 0 heterocycles. The Kier molecular flexibility index (Phi) is 9.69. The van der Waals surface area contributed by atoms with Crippen LogP contribution in [0.25, 0.3) is 0 Å². The van der Waals surface area contributed by atoms with E-state index in [2.05, 4.69) is 20.9 Å². The summed E-state index contributed by atoms with van der Waals surface area (Å²) in [5, 5.41) is 19.2. The van der Waals surface area contributed by atoms with Crippen LogP contribution in [0.4, 0.5) is 0 Å². The third-order valence-electron chi connectivity index (χ3n) is 5.00. The van der Waals surface area contributed by atoms with Crippen LogP contribution in [0.2, 0.25) is 0 Å². The molecule has 1 aliphatic carbocycles. The van der Waals surface area contributed by atoms with Gasteiger partial charge in [0.05, 0.1) is 13.2 Å². The summed E-state index contributed by atoms with van der Waals surface area (Å²) < 4.78 is 0. The number of aliphatic hydroxyl groups is 1. The third-order valence-corrected chi connectivity index (χ3v) is 5.00. The number of guanidine groups is 1. The maximum atomic E-state index is 12.2. The number of carbonyl (C=O) groups is 1. The molecule has 27 heavy (non-hydrogen) atoms. The topological polar surface area (TPSA) is 85.8 Å². The van der Waals surface area contributed by atoms with E-state index in [4.69, 9.17) is 0 Å². The molecule has 1 unspecified atom stereocenters. The van der Waals surface area contributed by atoms with Crippen molar-refractivity contribution in [1.82, 2.24) is 16.0 Å². The highest BCUT2D eigenvalue weighted by Gasteiger charge is 2.20. The molecule has 1 amide bonds. The van der Waals surface area contributed by atoms with Crippen LogP contribution < -0.4 is 16.0 Å². The first-order valence-corrected chi connectivity index (χ1v) is 10.2. The molecule has 1 aliphatic rings. The van der Waals surface area contributed by atoms with Gasteiger partial charge in [-0.2, -0.15) is 0 Å². The average molecular weight is 375 g/mol. The Morgan fingerprint density at radius 3 is 2.48 bits per heavy atom. The minimum Gasteiger partial charge on any atom is -0.396 e. The maximum absolute atomic E-state index is 12.2.